The van der Waals surface area contributed by atoms with E-state index < -0.39 is 0 Å². The van der Waals surface area contributed by atoms with E-state index in [4.69, 9.17) is 0 Å². The lowest BCUT2D eigenvalue weighted by atomic mass is 9.33. The fourth-order valence-corrected chi connectivity index (χ4v) is 11.7. The van der Waals surface area contributed by atoms with Gasteiger partial charge in [0.05, 0.1) is 11.7 Å². The van der Waals surface area contributed by atoms with Crippen LogP contribution in [0.4, 0.5) is 28.4 Å². The summed E-state index contributed by atoms with van der Waals surface area (Å²) in [5.41, 5.74) is 23.6. The second-order valence-corrected chi connectivity index (χ2v) is 24.0. The van der Waals surface area contributed by atoms with Crippen LogP contribution in [0.3, 0.4) is 0 Å². The molecule has 8 aromatic carbocycles. The number of rotatable bonds is 7. The normalized spacial score (nSPS) is 15.8. The third kappa shape index (κ3) is 8.56. The first-order valence-electron chi connectivity index (χ1n) is 26.1. The molecule has 2 unspecified atom stereocenters. The van der Waals surface area contributed by atoms with Crippen molar-refractivity contribution in [3.8, 4) is 11.1 Å². The molecule has 0 N–H and O–H groups in total. The highest BCUT2D eigenvalue weighted by molar-refractivity contribution is 7.00. The van der Waals surface area contributed by atoms with Gasteiger partial charge in [-0.25, -0.2) is 0 Å². The number of nitrogens with zero attached hydrogens (tertiary/aromatic N) is 2. The molecular weight excluding hydrogens is 856 g/mol. The maximum atomic E-state index is 2.70. The van der Waals surface area contributed by atoms with Gasteiger partial charge in [0.25, 0.3) is 6.71 Å². The minimum absolute atomic E-state index is 0.0209. The average Bonchev–Trinajstić information content (AvgIpc) is 3.34. The van der Waals surface area contributed by atoms with Gasteiger partial charge in [0.2, 0.25) is 0 Å². The number of hydrogen-bond acceptors (Lipinski definition) is 2. The van der Waals surface area contributed by atoms with E-state index in [0.717, 1.165) is 12.8 Å². The van der Waals surface area contributed by atoms with E-state index in [2.05, 4.69) is 268 Å². The highest BCUT2D eigenvalue weighted by Crippen LogP contribution is 2.48. The van der Waals surface area contributed by atoms with Gasteiger partial charge >= 0.3 is 0 Å². The van der Waals surface area contributed by atoms with Gasteiger partial charge in [-0.05, 0) is 151 Å². The Morgan fingerprint density at radius 2 is 1.17 bits per heavy atom. The molecule has 0 saturated carbocycles. The molecule has 71 heavy (non-hydrogen) atoms. The van der Waals surface area contributed by atoms with Crippen LogP contribution >= 0.6 is 0 Å². The highest BCUT2D eigenvalue weighted by atomic mass is 15.2. The topological polar surface area (TPSA) is 6.48 Å². The lowest BCUT2D eigenvalue weighted by Crippen LogP contribution is -2.63. The van der Waals surface area contributed by atoms with Crippen molar-refractivity contribution in [3.63, 3.8) is 0 Å². The Kier molecular flexibility index (Phi) is 11.5. The first-order chi connectivity index (χ1) is 33.9. The Balaban J connectivity index is 1.21. The summed E-state index contributed by atoms with van der Waals surface area (Å²) in [4.78, 5) is 5.38. The third-order valence-electron chi connectivity index (χ3n) is 15.7. The van der Waals surface area contributed by atoms with Crippen LogP contribution in [-0.4, -0.2) is 12.8 Å². The number of hydrogen-bond donors (Lipinski definition) is 0. The highest BCUT2D eigenvalue weighted by Gasteiger charge is 2.45. The minimum atomic E-state index is -0.0349. The number of allylic oxidation sites excluding steroid dienone is 2. The zero-order chi connectivity index (χ0) is 49.6. The largest absolute Gasteiger partial charge is 0.335 e. The number of anilines is 5. The summed E-state index contributed by atoms with van der Waals surface area (Å²) < 4.78 is 0. The maximum Gasteiger partial charge on any atom is 0.252 e. The van der Waals surface area contributed by atoms with Gasteiger partial charge in [-0.1, -0.05) is 213 Å². The molecule has 2 aliphatic heterocycles. The average molecular weight is 925 g/mol. The Labute approximate surface area is 424 Å². The van der Waals surface area contributed by atoms with Crippen LogP contribution < -0.4 is 26.2 Å². The lowest BCUT2D eigenvalue weighted by Gasteiger charge is -2.47. The zero-order valence-corrected chi connectivity index (χ0v) is 43.9. The Bertz CT molecular complexity index is 3410. The summed E-state index contributed by atoms with van der Waals surface area (Å²) in [5.74, 6) is 0.120. The van der Waals surface area contributed by atoms with Gasteiger partial charge in [-0.15, -0.1) is 0 Å². The van der Waals surface area contributed by atoms with Gasteiger partial charge in [0.1, 0.15) is 0 Å². The summed E-state index contributed by atoms with van der Waals surface area (Å²) >= 11 is 0. The van der Waals surface area contributed by atoms with Gasteiger partial charge in [0.15, 0.2) is 0 Å². The molecule has 2 atom stereocenters. The van der Waals surface area contributed by atoms with Crippen molar-refractivity contribution in [3.05, 3.63) is 227 Å². The minimum Gasteiger partial charge on any atom is -0.335 e. The van der Waals surface area contributed by atoms with Gasteiger partial charge in [-0.3, -0.25) is 0 Å². The van der Waals surface area contributed by atoms with E-state index in [-0.39, 0.29) is 34.9 Å². The van der Waals surface area contributed by atoms with E-state index in [9.17, 15) is 0 Å². The maximum absolute atomic E-state index is 2.70. The second-order valence-electron chi connectivity index (χ2n) is 24.0. The smallest absolute Gasteiger partial charge is 0.252 e. The number of aryl methyl sites for hydroxylation is 2. The molecule has 2 nitrogen and oxygen atoms in total. The zero-order valence-electron chi connectivity index (χ0n) is 43.9. The Morgan fingerprint density at radius 3 is 1.86 bits per heavy atom. The van der Waals surface area contributed by atoms with E-state index in [1.807, 2.05) is 0 Å². The number of fused-ring (bicyclic) bond motifs is 5. The van der Waals surface area contributed by atoms with Crippen LogP contribution in [0.25, 0.3) is 21.9 Å². The molecule has 0 spiro atoms. The summed E-state index contributed by atoms with van der Waals surface area (Å²) in [6.45, 7) is 25.6. The fourth-order valence-electron chi connectivity index (χ4n) is 11.7. The van der Waals surface area contributed by atoms with E-state index in [1.165, 1.54) is 111 Å². The van der Waals surface area contributed by atoms with Crippen LogP contribution in [-0.2, 0) is 17.3 Å². The molecule has 0 aromatic heterocycles. The molecule has 2 heterocycles. The van der Waals surface area contributed by atoms with Gasteiger partial charge in [-0.2, -0.15) is 0 Å². The second kappa shape index (κ2) is 17.5. The van der Waals surface area contributed by atoms with Crippen molar-refractivity contribution in [2.75, 3.05) is 9.80 Å². The quantitative estimate of drug-likeness (QED) is 0.147. The molecular formula is C68H69BN2. The first kappa shape index (κ1) is 46.5. The molecule has 8 aromatic rings. The molecule has 0 radical (unpaired) electrons. The fraction of sp³-hybridized carbons (Fsp3) is 0.265. The van der Waals surface area contributed by atoms with Crippen molar-refractivity contribution >= 4 is 62.3 Å². The molecule has 0 saturated heterocycles. The summed E-state index contributed by atoms with van der Waals surface area (Å²) in [5, 5.41) is 2.54. The predicted molar refractivity (Wildman–Crippen MR) is 308 cm³/mol. The molecule has 3 heteroatoms. The molecule has 11 rings (SSSR count). The van der Waals surface area contributed by atoms with Gasteiger partial charge in [0, 0.05) is 34.2 Å². The molecule has 354 valence electrons. The monoisotopic (exact) mass is 925 g/mol. The SMILES string of the molecule is Cc1ccc(-c2cc(C(C)(C)C)ccc2N2c3cc(C(Cc4ccccc4)c4ccc5ccccc5c4)ccc3B3c4cc(C(C)(C)C)ccc4N(C4C=CC(C(C)(C)C)=CC4)c4cc(C)cc2c43)cc1. The van der Waals surface area contributed by atoms with Crippen molar-refractivity contribution in [1.29, 1.82) is 0 Å². The van der Waals surface area contributed by atoms with E-state index in [1.54, 1.807) is 0 Å². The van der Waals surface area contributed by atoms with Crippen molar-refractivity contribution in [1.82, 2.24) is 0 Å². The molecule has 0 bridgehead atoms. The third-order valence-corrected chi connectivity index (χ3v) is 15.7. The summed E-state index contributed by atoms with van der Waals surface area (Å²) in [6.07, 6.45) is 9.23. The molecule has 3 aliphatic rings. The molecule has 0 fully saturated rings. The molecule has 0 amide bonds. The Morgan fingerprint density at radius 1 is 0.521 bits per heavy atom. The number of benzene rings is 8. The van der Waals surface area contributed by atoms with Crippen LogP contribution in [0.2, 0.25) is 0 Å². The van der Waals surface area contributed by atoms with Crippen molar-refractivity contribution in [2.45, 2.75) is 112 Å². The van der Waals surface area contributed by atoms with E-state index in [0.29, 0.717) is 0 Å². The van der Waals surface area contributed by atoms with Crippen LogP contribution in [0.5, 0.6) is 0 Å². The predicted octanol–water partition coefficient (Wildman–Crippen LogP) is 16.1. The van der Waals surface area contributed by atoms with Crippen LogP contribution in [0.15, 0.2) is 188 Å². The standard InChI is InChI=1S/C68H69BN2/c1-44-21-23-48(24-22-44)57-42-53(67(6,7)8)30-35-60(57)71-62-41-51(56(39-46-17-13-12-14-18-46)50-26-25-47-19-15-16-20-49(47)40-50)27-34-58(62)69-59-43-54(68(9,10)11)31-36-61(59)70(63-37-45(2)38-64(71)65(63)69)55-32-28-52(29-33-55)66(3,4)5/h12-32,34-38,40-43,55-56H,33,39H2,1-11H3. The van der Waals surface area contributed by atoms with E-state index >= 15 is 0 Å². The van der Waals surface area contributed by atoms with Gasteiger partial charge < -0.3 is 9.80 Å². The summed E-state index contributed by atoms with van der Waals surface area (Å²) in [7, 11) is 0. The van der Waals surface area contributed by atoms with Crippen LogP contribution in [0.1, 0.15) is 114 Å². The molecule has 1 aliphatic carbocycles. The summed E-state index contributed by atoms with van der Waals surface area (Å²) in [6, 6.07) is 63.7. The Hall–Kier alpha value is -6.84. The lowest BCUT2D eigenvalue weighted by molar-refractivity contribution is 0.510. The first-order valence-corrected chi connectivity index (χ1v) is 26.1. The van der Waals surface area contributed by atoms with Crippen molar-refractivity contribution < 1.29 is 0 Å². The van der Waals surface area contributed by atoms with Crippen molar-refractivity contribution in [2.24, 2.45) is 5.41 Å². The van der Waals surface area contributed by atoms with Crippen LogP contribution in [0, 0.1) is 19.3 Å².